The Balaban J connectivity index is 1.73. The molecule has 1 aliphatic carbocycles. The lowest BCUT2D eigenvalue weighted by Crippen LogP contribution is -2.36. The third-order valence-electron chi connectivity index (χ3n) is 4.91. The van der Waals surface area contributed by atoms with Gasteiger partial charge in [0.05, 0.1) is 12.4 Å². The zero-order valence-electron chi connectivity index (χ0n) is 12.4. The van der Waals surface area contributed by atoms with Gasteiger partial charge in [-0.15, -0.1) is 0 Å². The van der Waals surface area contributed by atoms with E-state index in [-0.39, 0.29) is 11.2 Å². The fourth-order valence-electron chi connectivity index (χ4n) is 3.65. The first kappa shape index (κ1) is 14.8. The van der Waals surface area contributed by atoms with E-state index >= 15 is 0 Å². The van der Waals surface area contributed by atoms with Gasteiger partial charge in [0, 0.05) is 30.8 Å². The molecule has 116 valence electrons. The molecule has 21 heavy (non-hydrogen) atoms. The van der Waals surface area contributed by atoms with Crippen molar-refractivity contribution in [3.8, 4) is 5.88 Å². The first-order valence-electron chi connectivity index (χ1n) is 7.57. The summed E-state index contributed by atoms with van der Waals surface area (Å²) >= 11 is 0. The van der Waals surface area contributed by atoms with Gasteiger partial charge in [-0.25, -0.2) is 17.7 Å². The molecule has 2 heterocycles. The van der Waals surface area contributed by atoms with Crippen LogP contribution < -0.4 is 4.74 Å². The van der Waals surface area contributed by atoms with Crippen molar-refractivity contribution in [2.24, 2.45) is 11.3 Å². The molecule has 5 nitrogen and oxygen atoms in total. The van der Waals surface area contributed by atoms with Crippen LogP contribution >= 0.6 is 0 Å². The number of sulfonamides is 1. The van der Waals surface area contributed by atoms with Crippen LogP contribution in [0.15, 0.2) is 24.4 Å². The lowest BCUT2D eigenvalue weighted by Gasteiger charge is -2.28. The van der Waals surface area contributed by atoms with Gasteiger partial charge in [-0.2, -0.15) is 0 Å². The Labute approximate surface area is 126 Å². The first-order chi connectivity index (χ1) is 10.1. The monoisotopic (exact) mass is 310 g/mol. The van der Waals surface area contributed by atoms with Gasteiger partial charge in [0.1, 0.15) is 0 Å². The topological polar surface area (TPSA) is 59.5 Å². The van der Waals surface area contributed by atoms with E-state index in [1.165, 1.54) is 0 Å². The summed E-state index contributed by atoms with van der Waals surface area (Å²) in [6, 6.07) is 5.60. The van der Waals surface area contributed by atoms with Crippen LogP contribution in [0.3, 0.4) is 0 Å². The van der Waals surface area contributed by atoms with E-state index in [2.05, 4.69) is 4.98 Å². The summed E-state index contributed by atoms with van der Waals surface area (Å²) in [6.07, 6.45) is 5.01. The minimum absolute atomic E-state index is 0.0280. The van der Waals surface area contributed by atoms with Crippen LogP contribution in [0.2, 0.25) is 0 Å². The second-order valence-electron chi connectivity index (χ2n) is 6.10. The Morgan fingerprint density at radius 1 is 1.48 bits per heavy atom. The van der Waals surface area contributed by atoms with Crippen LogP contribution in [0.1, 0.15) is 26.2 Å². The van der Waals surface area contributed by atoms with Crippen molar-refractivity contribution < 1.29 is 13.2 Å². The first-order valence-corrected chi connectivity index (χ1v) is 9.18. The largest absolute Gasteiger partial charge is 0.477 e. The quantitative estimate of drug-likeness (QED) is 0.833. The number of hydrogen-bond donors (Lipinski definition) is 0. The van der Waals surface area contributed by atoms with Crippen LogP contribution in [-0.4, -0.2) is 43.2 Å². The zero-order valence-corrected chi connectivity index (χ0v) is 13.2. The average Bonchev–Trinajstić information content (AvgIpc) is 3.04. The molecule has 0 aromatic carbocycles. The molecule has 1 aromatic rings. The Kier molecular flexibility index (Phi) is 3.92. The number of fused-ring (bicyclic) bond motifs is 1. The Hall–Kier alpha value is -1.14. The standard InChI is InChI=1S/C15H22N2O3S/c1-2-21(18,19)17-10-13-6-5-8-15(13,11-17)12-20-14-7-3-4-9-16-14/h3-4,7,9,13H,2,5-6,8,10-12H2,1H3/t13-,15+/m0/s1. The predicted molar refractivity (Wildman–Crippen MR) is 80.5 cm³/mol. The molecule has 2 aliphatic rings. The summed E-state index contributed by atoms with van der Waals surface area (Å²) in [5, 5.41) is 0. The van der Waals surface area contributed by atoms with Gasteiger partial charge in [-0.3, -0.25) is 0 Å². The normalized spacial score (nSPS) is 29.5. The van der Waals surface area contributed by atoms with E-state index in [1.807, 2.05) is 18.2 Å². The molecule has 1 aliphatic heterocycles. The van der Waals surface area contributed by atoms with Crippen molar-refractivity contribution in [1.82, 2.24) is 9.29 Å². The van der Waals surface area contributed by atoms with Gasteiger partial charge >= 0.3 is 0 Å². The molecule has 0 amide bonds. The van der Waals surface area contributed by atoms with Crippen molar-refractivity contribution >= 4 is 10.0 Å². The number of pyridine rings is 1. The summed E-state index contributed by atoms with van der Waals surface area (Å²) in [5.41, 5.74) is -0.0280. The van der Waals surface area contributed by atoms with Crippen molar-refractivity contribution in [3.05, 3.63) is 24.4 Å². The maximum Gasteiger partial charge on any atom is 0.213 e. The fourth-order valence-corrected chi connectivity index (χ4v) is 4.87. The number of hydrogen-bond acceptors (Lipinski definition) is 4. The summed E-state index contributed by atoms with van der Waals surface area (Å²) in [4.78, 5) is 4.18. The Morgan fingerprint density at radius 2 is 2.33 bits per heavy atom. The SMILES string of the molecule is CCS(=O)(=O)N1C[C@@H]2CCC[C@]2(COc2ccccn2)C1. The fraction of sp³-hybridized carbons (Fsp3) is 0.667. The molecule has 1 aromatic heterocycles. The van der Waals surface area contributed by atoms with Crippen LogP contribution in [0.5, 0.6) is 5.88 Å². The van der Waals surface area contributed by atoms with E-state index in [9.17, 15) is 8.42 Å². The second kappa shape index (κ2) is 5.57. The molecule has 1 saturated heterocycles. The number of ether oxygens (including phenoxy) is 1. The van der Waals surface area contributed by atoms with Crippen molar-refractivity contribution in [3.63, 3.8) is 0 Å². The van der Waals surface area contributed by atoms with Crippen molar-refractivity contribution in [1.29, 1.82) is 0 Å². The van der Waals surface area contributed by atoms with E-state index in [0.29, 0.717) is 31.5 Å². The van der Waals surface area contributed by atoms with Gasteiger partial charge in [-0.1, -0.05) is 12.5 Å². The Morgan fingerprint density at radius 3 is 3.05 bits per heavy atom. The zero-order chi connectivity index (χ0) is 14.9. The van der Waals surface area contributed by atoms with E-state index in [4.69, 9.17) is 4.74 Å². The molecule has 2 fully saturated rings. The van der Waals surface area contributed by atoms with Crippen LogP contribution in [0.25, 0.3) is 0 Å². The lowest BCUT2D eigenvalue weighted by atomic mass is 9.82. The summed E-state index contributed by atoms with van der Waals surface area (Å²) < 4.78 is 31.8. The maximum absolute atomic E-state index is 12.1. The number of rotatable bonds is 5. The van der Waals surface area contributed by atoms with Gasteiger partial charge in [0.25, 0.3) is 0 Å². The van der Waals surface area contributed by atoms with E-state index < -0.39 is 10.0 Å². The molecule has 0 bridgehead atoms. The van der Waals surface area contributed by atoms with Crippen LogP contribution in [-0.2, 0) is 10.0 Å². The predicted octanol–water partition coefficient (Wildman–Crippen LogP) is 1.91. The summed E-state index contributed by atoms with van der Waals surface area (Å²) in [7, 11) is -3.10. The summed E-state index contributed by atoms with van der Waals surface area (Å²) in [5.74, 6) is 1.22. The van der Waals surface area contributed by atoms with Gasteiger partial charge in [-0.05, 0) is 31.7 Å². The molecular formula is C15H22N2O3S. The minimum atomic E-state index is -3.10. The molecule has 0 unspecified atom stereocenters. The maximum atomic E-state index is 12.1. The van der Waals surface area contributed by atoms with E-state index in [0.717, 1.165) is 19.3 Å². The van der Waals surface area contributed by atoms with Crippen molar-refractivity contribution in [2.45, 2.75) is 26.2 Å². The molecule has 0 spiro atoms. The highest BCUT2D eigenvalue weighted by Crippen LogP contribution is 2.49. The average molecular weight is 310 g/mol. The van der Waals surface area contributed by atoms with Gasteiger partial charge in [0.2, 0.25) is 15.9 Å². The molecular weight excluding hydrogens is 288 g/mol. The smallest absolute Gasteiger partial charge is 0.213 e. The van der Waals surface area contributed by atoms with E-state index in [1.54, 1.807) is 17.4 Å². The third-order valence-corrected chi connectivity index (χ3v) is 6.71. The third kappa shape index (κ3) is 2.79. The second-order valence-corrected chi connectivity index (χ2v) is 8.36. The highest BCUT2D eigenvalue weighted by Gasteiger charge is 2.52. The highest BCUT2D eigenvalue weighted by molar-refractivity contribution is 7.89. The lowest BCUT2D eigenvalue weighted by molar-refractivity contribution is 0.130. The minimum Gasteiger partial charge on any atom is -0.477 e. The molecule has 2 atom stereocenters. The molecule has 3 rings (SSSR count). The van der Waals surface area contributed by atoms with Crippen LogP contribution in [0.4, 0.5) is 0 Å². The molecule has 1 saturated carbocycles. The van der Waals surface area contributed by atoms with Gasteiger partial charge < -0.3 is 4.74 Å². The van der Waals surface area contributed by atoms with Crippen LogP contribution in [0, 0.1) is 11.3 Å². The van der Waals surface area contributed by atoms with Crippen molar-refractivity contribution in [2.75, 3.05) is 25.4 Å². The highest BCUT2D eigenvalue weighted by atomic mass is 32.2. The molecule has 0 radical (unpaired) electrons. The number of aromatic nitrogens is 1. The Bertz CT molecular complexity index is 590. The van der Waals surface area contributed by atoms with Gasteiger partial charge in [0.15, 0.2) is 0 Å². The number of nitrogens with zero attached hydrogens (tertiary/aromatic N) is 2. The molecule has 6 heteroatoms. The summed E-state index contributed by atoms with van der Waals surface area (Å²) in [6.45, 7) is 3.52. The molecule has 0 N–H and O–H groups in total.